The predicted octanol–water partition coefficient (Wildman–Crippen LogP) is 0.708. The van der Waals surface area contributed by atoms with Crippen LogP contribution in [0.1, 0.15) is 32.6 Å². The van der Waals surface area contributed by atoms with Gasteiger partial charge in [0.1, 0.15) is 12.6 Å². The number of nitrogens with one attached hydrogen (secondary N) is 1. The number of quaternary nitrogens is 1. The van der Waals surface area contributed by atoms with Gasteiger partial charge in [-0.25, -0.2) is 0 Å². The summed E-state index contributed by atoms with van der Waals surface area (Å²) in [6, 6.07) is 0. The van der Waals surface area contributed by atoms with Crippen molar-refractivity contribution in [3.8, 4) is 0 Å². The van der Waals surface area contributed by atoms with Crippen molar-refractivity contribution in [3.05, 3.63) is 0 Å². The molecule has 0 aromatic heterocycles. The van der Waals surface area contributed by atoms with Gasteiger partial charge in [0.05, 0.1) is 21.1 Å². The molecular formula is C12H29N2O4P. The molecule has 116 valence electrons. The van der Waals surface area contributed by atoms with E-state index in [2.05, 4.69) is 12.2 Å². The number of rotatable bonds is 11. The smallest absolute Gasteiger partial charge is 0.265 e. The molecule has 2 N–H and O–H groups in total. The molecular weight excluding hydrogens is 267 g/mol. The Morgan fingerprint density at radius 3 is 2.42 bits per heavy atom. The maximum atomic E-state index is 10.8. The Hall–Kier alpha value is 0.0300. The highest BCUT2D eigenvalue weighted by Crippen LogP contribution is 2.33. The van der Waals surface area contributed by atoms with Crippen LogP contribution < -0.4 is 10.2 Å². The Balaban J connectivity index is 4.02. The van der Waals surface area contributed by atoms with E-state index in [4.69, 9.17) is 9.42 Å². The van der Waals surface area contributed by atoms with Crippen LogP contribution in [0.15, 0.2) is 0 Å². The summed E-state index contributed by atoms with van der Waals surface area (Å²) in [5, 5.41) is 3.26. The average Bonchev–Trinajstić information content (AvgIpc) is 2.18. The van der Waals surface area contributed by atoms with Gasteiger partial charge in [0.15, 0.2) is 0 Å². The zero-order valence-corrected chi connectivity index (χ0v) is 13.5. The molecule has 0 radical (unpaired) electrons. The van der Waals surface area contributed by atoms with Gasteiger partial charge in [0, 0.05) is 0 Å². The van der Waals surface area contributed by atoms with Gasteiger partial charge in [-0.1, -0.05) is 19.8 Å². The van der Waals surface area contributed by atoms with Crippen LogP contribution in [0.2, 0.25) is 0 Å². The topological polar surface area (TPSA) is 81.6 Å². The van der Waals surface area contributed by atoms with Gasteiger partial charge in [-0.3, -0.25) is 4.57 Å². The van der Waals surface area contributed by atoms with Crippen LogP contribution in [-0.4, -0.2) is 56.3 Å². The van der Waals surface area contributed by atoms with Crippen LogP contribution in [0.3, 0.4) is 0 Å². The van der Waals surface area contributed by atoms with Crippen molar-refractivity contribution in [2.24, 2.45) is 0 Å². The largest absolute Gasteiger partial charge is 0.756 e. The zero-order valence-electron chi connectivity index (χ0n) is 12.6. The van der Waals surface area contributed by atoms with E-state index in [0.29, 0.717) is 24.0 Å². The lowest BCUT2D eigenvalue weighted by Crippen LogP contribution is -2.43. The minimum absolute atomic E-state index is 0.494. The summed E-state index contributed by atoms with van der Waals surface area (Å²) >= 11 is 0. The molecule has 6 nitrogen and oxygen atoms in total. The first kappa shape index (κ1) is 19.0. The number of hydrogen-bond acceptors (Lipinski definition) is 4. The standard InChI is InChI=1S/C12H29N2O4P/c1-5-6-7-9-13-10-8-12(11-14(2,3)4)18-19(15,16)17/h12-13H,5-11H2,1-4H3,(H-,15,16,17). The second-order valence-corrected chi connectivity index (χ2v) is 7.06. The summed E-state index contributed by atoms with van der Waals surface area (Å²) in [4.78, 5) is 19.6. The molecule has 0 rings (SSSR count). The predicted molar refractivity (Wildman–Crippen MR) is 74.6 cm³/mol. The molecule has 0 aromatic carbocycles. The summed E-state index contributed by atoms with van der Waals surface area (Å²) in [5.74, 6) is 0. The van der Waals surface area contributed by atoms with Crippen LogP contribution in [0, 0.1) is 0 Å². The van der Waals surface area contributed by atoms with E-state index in [-0.39, 0.29) is 0 Å². The zero-order chi connectivity index (χ0) is 14.9. The molecule has 0 aliphatic heterocycles. The van der Waals surface area contributed by atoms with E-state index in [9.17, 15) is 9.46 Å². The number of nitrogens with zero attached hydrogens (tertiary/aromatic N) is 1. The Kier molecular flexibility index (Phi) is 9.07. The fourth-order valence-electron chi connectivity index (χ4n) is 1.86. The van der Waals surface area contributed by atoms with Crippen molar-refractivity contribution in [2.45, 2.75) is 38.7 Å². The number of phosphoric ester groups is 1. The minimum atomic E-state index is -4.66. The lowest BCUT2D eigenvalue weighted by molar-refractivity contribution is -0.873. The number of hydrogen-bond donors (Lipinski definition) is 2. The molecule has 0 aliphatic rings. The van der Waals surface area contributed by atoms with Crippen LogP contribution in [0.4, 0.5) is 0 Å². The van der Waals surface area contributed by atoms with E-state index in [0.717, 1.165) is 13.0 Å². The highest BCUT2D eigenvalue weighted by molar-refractivity contribution is 7.44. The first-order valence-electron chi connectivity index (χ1n) is 6.87. The fraction of sp³-hybridized carbons (Fsp3) is 1.00. The Labute approximate surface area is 117 Å². The minimum Gasteiger partial charge on any atom is -0.756 e. The van der Waals surface area contributed by atoms with Gasteiger partial charge in [-0.15, -0.1) is 0 Å². The van der Waals surface area contributed by atoms with Crippen molar-refractivity contribution in [1.82, 2.24) is 5.32 Å². The molecule has 0 bridgehead atoms. The van der Waals surface area contributed by atoms with Gasteiger partial charge >= 0.3 is 0 Å². The van der Waals surface area contributed by atoms with E-state index in [1.807, 2.05) is 21.1 Å². The lowest BCUT2D eigenvalue weighted by atomic mass is 10.2. The Morgan fingerprint density at radius 2 is 1.95 bits per heavy atom. The van der Waals surface area contributed by atoms with Crippen LogP contribution in [0.25, 0.3) is 0 Å². The third-order valence-electron chi connectivity index (χ3n) is 2.63. The third kappa shape index (κ3) is 14.3. The van der Waals surface area contributed by atoms with E-state index < -0.39 is 13.9 Å². The molecule has 0 saturated carbocycles. The van der Waals surface area contributed by atoms with Crippen molar-refractivity contribution in [1.29, 1.82) is 0 Å². The fourth-order valence-corrected chi connectivity index (χ4v) is 2.41. The quantitative estimate of drug-likeness (QED) is 0.333. The first-order valence-corrected chi connectivity index (χ1v) is 8.37. The highest BCUT2D eigenvalue weighted by atomic mass is 31.2. The van der Waals surface area contributed by atoms with Crippen molar-refractivity contribution < 1.29 is 23.4 Å². The molecule has 19 heavy (non-hydrogen) atoms. The summed E-state index contributed by atoms with van der Waals surface area (Å²) in [5.41, 5.74) is 0. The second kappa shape index (κ2) is 9.06. The van der Waals surface area contributed by atoms with Gasteiger partial charge < -0.3 is 24.1 Å². The molecule has 7 heteroatoms. The molecule has 0 spiro atoms. The summed E-state index contributed by atoms with van der Waals surface area (Å²) < 4.78 is 16.2. The average molecular weight is 296 g/mol. The van der Waals surface area contributed by atoms with Crippen LogP contribution in [0.5, 0.6) is 0 Å². The van der Waals surface area contributed by atoms with E-state index >= 15 is 0 Å². The SMILES string of the molecule is CCCCCNCCC(C[N+](C)(C)C)OP(=O)([O-])O. The van der Waals surface area contributed by atoms with Crippen molar-refractivity contribution in [2.75, 3.05) is 40.8 Å². The number of likely N-dealkylation sites (N-methyl/N-ethyl adjacent to an activating group) is 1. The van der Waals surface area contributed by atoms with E-state index in [1.165, 1.54) is 12.8 Å². The lowest BCUT2D eigenvalue weighted by Gasteiger charge is -2.31. The van der Waals surface area contributed by atoms with Crippen LogP contribution in [-0.2, 0) is 9.09 Å². The van der Waals surface area contributed by atoms with Crippen molar-refractivity contribution >= 4 is 7.82 Å². The summed E-state index contributed by atoms with van der Waals surface area (Å²) in [7, 11) is 1.21. The van der Waals surface area contributed by atoms with E-state index in [1.54, 1.807) is 0 Å². The van der Waals surface area contributed by atoms with Gasteiger partial charge in [-0.05, 0) is 25.9 Å². The van der Waals surface area contributed by atoms with Gasteiger partial charge in [-0.2, -0.15) is 0 Å². The van der Waals surface area contributed by atoms with Crippen LogP contribution >= 0.6 is 7.82 Å². The van der Waals surface area contributed by atoms with Gasteiger partial charge in [0.25, 0.3) is 7.82 Å². The Morgan fingerprint density at radius 1 is 1.32 bits per heavy atom. The summed E-state index contributed by atoms with van der Waals surface area (Å²) in [6.07, 6.45) is 3.56. The molecule has 0 aliphatic carbocycles. The molecule has 0 amide bonds. The highest BCUT2D eigenvalue weighted by Gasteiger charge is 2.22. The normalized spacial score (nSPS) is 17.2. The monoisotopic (exact) mass is 296 g/mol. The first-order chi connectivity index (χ1) is 8.64. The Bertz CT molecular complexity index is 275. The molecule has 2 unspecified atom stereocenters. The number of unbranched alkanes of at least 4 members (excludes halogenated alkanes) is 2. The summed E-state index contributed by atoms with van der Waals surface area (Å²) in [6.45, 7) is 4.30. The molecule has 0 aromatic rings. The van der Waals surface area contributed by atoms with Crippen molar-refractivity contribution in [3.63, 3.8) is 0 Å². The number of phosphoric acid groups is 1. The maximum Gasteiger partial charge on any atom is 0.265 e. The molecule has 0 heterocycles. The third-order valence-corrected chi connectivity index (χ3v) is 3.20. The molecule has 0 saturated heterocycles. The van der Waals surface area contributed by atoms with Gasteiger partial charge in [0.2, 0.25) is 0 Å². The second-order valence-electron chi connectivity index (χ2n) is 5.91. The molecule has 2 atom stereocenters. The molecule has 0 fully saturated rings. The maximum absolute atomic E-state index is 10.8.